The molecule has 0 bridgehead atoms. The Morgan fingerprint density at radius 2 is 1.55 bits per heavy atom. The molecule has 122 valence electrons. The first-order valence-corrected chi connectivity index (χ1v) is 8.21. The fourth-order valence-corrected chi connectivity index (χ4v) is 2.05. The first kappa shape index (κ1) is 20.1. The van der Waals surface area contributed by atoms with Crippen molar-refractivity contribution in [1.29, 1.82) is 0 Å². The van der Waals surface area contributed by atoms with E-state index in [0.717, 1.165) is 38.5 Å². The molecule has 2 atom stereocenters. The summed E-state index contributed by atoms with van der Waals surface area (Å²) >= 11 is 0. The van der Waals surface area contributed by atoms with Gasteiger partial charge in [-0.15, -0.1) is 0 Å². The van der Waals surface area contributed by atoms with E-state index in [1.165, 1.54) is 12.8 Å². The molecule has 0 amide bonds. The molecule has 0 aromatic carbocycles. The maximum absolute atomic E-state index is 8.63. The Labute approximate surface area is 133 Å². The molecule has 0 aromatic rings. The summed E-state index contributed by atoms with van der Waals surface area (Å²) in [6.45, 7) is 4.31. The van der Waals surface area contributed by atoms with Crippen LogP contribution in [-0.2, 0) is 0 Å². The van der Waals surface area contributed by atoms with E-state index in [2.05, 4.69) is 40.0 Å². The van der Waals surface area contributed by atoms with Crippen LogP contribution in [-0.4, -0.2) is 12.1 Å². The Hall–Kier alpha value is -1.90. The predicted molar refractivity (Wildman–Crippen MR) is 92.4 cm³/mol. The van der Waals surface area contributed by atoms with E-state index in [4.69, 9.17) is 11.1 Å². The molecule has 0 rings (SSSR count). The molecular weight excluding hydrogens is 276 g/mol. The summed E-state index contributed by atoms with van der Waals surface area (Å²) in [6.07, 6.45) is 16.3. The van der Waals surface area contributed by atoms with Crippen LogP contribution >= 0.6 is 0 Å². The quantitative estimate of drug-likeness (QED) is 0.120. The monoisotopic (exact) mass is 304 g/mol. The van der Waals surface area contributed by atoms with Crippen LogP contribution < -0.4 is 0 Å². The number of azide groups is 2. The van der Waals surface area contributed by atoms with Crippen molar-refractivity contribution in [1.82, 2.24) is 0 Å². The third-order valence-corrected chi connectivity index (χ3v) is 3.33. The highest BCUT2D eigenvalue weighted by Crippen LogP contribution is 2.10. The van der Waals surface area contributed by atoms with E-state index in [1.807, 2.05) is 18.2 Å². The van der Waals surface area contributed by atoms with Gasteiger partial charge in [0.1, 0.15) is 0 Å². The summed E-state index contributed by atoms with van der Waals surface area (Å²) in [5.41, 5.74) is 17.2. The van der Waals surface area contributed by atoms with Gasteiger partial charge in [0.25, 0.3) is 0 Å². The number of nitrogens with zero attached hydrogens (tertiary/aromatic N) is 6. The Balaban J connectivity index is 4.52. The second-order valence-corrected chi connectivity index (χ2v) is 5.27. The van der Waals surface area contributed by atoms with Gasteiger partial charge in [-0.3, -0.25) is 0 Å². The molecular formula is C16H28N6. The van der Waals surface area contributed by atoms with Crippen LogP contribution in [0.1, 0.15) is 65.2 Å². The molecule has 0 heterocycles. The topological polar surface area (TPSA) is 97.5 Å². The fraction of sp³-hybridized carbons (Fsp3) is 0.750. The molecule has 0 aromatic heterocycles. The molecule has 6 heteroatoms. The van der Waals surface area contributed by atoms with Crippen LogP contribution in [0.4, 0.5) is 0 Å². The van der Waals surface area contributed by atoms with Gasteiger partial charge in [0.2, 0.25) is 0 Å². The smallest absolute Gasteiger partial charge is 0.0736 e. The molecule has 0 spiro atoms. The summed E-state index contributed by atoms with van der Waals surface area (Å²) in [6, 6.07) is -0.476. The van der Waals surface area contributed by atoms with Gasteiger partial charge >= 0.3 is 0 Å². The van der Waals surface area contributed by atoms with Crippen LogP contribution in [0.3, 0.4) is 0 Å². The van der Waals surface area contributed by atoms with E-state index >= 15 is 0 Å². The minimum absolute atomic E-state index is 0.165. The van der Waals surface area contributed by atoms with Gasteiger partial charge < -0.3 is 0 Å². The number of hydrogen-bond acceptors (Lipinski definition) is 2. The SMILES string of the molecule is CCCCCC=CC(C=CC(CCCCC)N=[N+]=[N-])N=[N+]=[N-]. The van der Waals surface area contributed by atoms with E-state index in [9.17, 15) is 0 Å². The van der Waals surface area contributed by atoms with Crippen molar-refractivity contribution in [3.63, 3.8) is 0 Å². The lowest BCUT2D eigenvalue weighted by molar-refractivity contribution is 0.619. The lowest BCUT2D eigenvalue weighted by Gasteiger charge is -2.06. The highest BCUT2D eigenvalue weighted by molar-refractivity contribution is 5.09. The normalized spacial score (nSPS) is 13.7. The molecule has 0 aliphatic heterocycles. The number of unbranched alkanes of at least 4 members (excludes halogenated alkanes) is 5. The molecule has 0 saturated carbocycles. The van der Waals surface area contributed by atoms with Crippen molar-refractivity contribution in [2.45, 2.75) is 77.3 Å². The van der Waals surface area contributed by atoms with Crippen molar-refractivity contribution in [2.75, 3.05) is 0 Å². The third-order valence-electron chi connectivity index (χ3n) is 3.33. The second kappa shape index (κ2) is 15.5. The largest absolute Gasteiger partial charge is 0.0878 e. The molecule has 0 fully saturated rings. The minimum Gasteiger partial charge on any atom is -0.0878 e. The summed E-state index contributed by atoms with van der Waals surface area (Å²) in [5, 5.41) is 7.53. The van der Waals surface area contributed by atoms with Crippen LogP contribution in [0.15, 0.2) is 34.5 Å². The summed E-state index contributed by atoms with van der Waals surface area (Å²) in [5.74, 6) is 0. The van der Waals surface area contributed by atoms with Crippen molar-refractivity contribution < 1.29 is 0 Å². The van der Waals surface area contributed by atoms with Gasteiger partial charge in [-0.25, -0.2) is 0 Å². The van der Waals surface area contributed by atoms with E-state index in [1.54, 1.807) is 0 Å². The Kier molecular flexibility index (Phi) is 14.2. The van der Waals surface area contributed by atoms with Gasteiger partial charge in [-0.1, -0.05) is 80.5 Å². The summed E-state index contributed by atoms with van der Waals surface area (Å²) in [7, 11) is 0. The number of allylic oxidation sites excluding steroid dienone is 1. The zero-order valence-corrected chi connectivity index (χ0v) is 13.8. The lowest BCUT2D eigenvalue weighted by atomic mass is 10.1. The second-order valence-electron chi connectivity index (χ2n) is 5.27. The first-order valence-electron chi connectivity index (χ1n) is 8.21. The van der Waals surface area contributed by atoms with Gasteiger partial charge in [0.05, 0.1) is 12.1 Å². The standard InChI is InChI=1S/C16H28N6/c1-3-5-7-8-10-12-16(20-22-18)14-13-15(19-21-17)11-9-6-4-2/h10,12-16H,3-9,11H2,1-2H3. The number of rotatable bonds is 13. The van der Waals surface area contributed by atoms with E-state index in [-0.39, 0.29) is 12.1 Å². The van der Waals surface area contributed by atoms with E-state index in [0.29, 0.717) is 0 Å². The fourth-order valence-electron chi connectivity index (χ4n) is 2.05. The lowest BCUT2D eigenvalue weighted by Crippen LogP contribution is -2.01. The predicted octanol–water partition coefficient (Wildman–Crippen LogP) is 6.62. The summed E-state index contributed by atoms with van der Waals surface area (Å²) < 4.78 is 0. The highest BCUT2D eigenvalue weighted by Gasteiger charge is 2.03. The Bertz CT molecular complexity index is 416. The molecule has 0 aliphatic rings. The van der Waals surface area contributed by atoms with Crippen molar-refractivity contribution in [3.05, 3.63) is 45.2 Å². The van der Waals surface area contributed by atoms with Gasteiger partial charge in [0, 0.05) is 9.82 Å². The first-order chi connectivity index (χ1) is 10.8. The summed E-state index contributed by atoms with van der Waals surface area (Å²) in [4.78, 5) is 5.76. The van der Waals surface area contributed by atoms with Crippen LogP contribution in [0.5, 0.6) is 0 Å². The molecule has 0 radical (unpaired) electrons. The highest BCUT2D eigenvalue weighted by atomic mass is 15.2. The third kappa shape index (κ3) is 11.9. The Morgan fingerprint density at radius 1 is 0.864 bits per heavy atom. The van der Waals surface area contributed by atoms with Crippen LogP contribution in [0.25, 0.3) is 20.9 Å². The zero-order valence-electron chi connectivity index (χ0n) is 13.8. The Morgan fingerprint density at radius 3 is 2.18 bits per heavy atom. The molecule has 0 aliphatic carbocycles. The van der Waals surface area contributed by atoms with Crippen molar-refractivity contribution >= 4 is 0 Å². The molecule has 6 nitrogen and oxygen atoms in total. The van der Waals surface area contributed by atoms with Gasteiger partial charge in [-0.05, 0) is 30.3 Å². The molecule has 0 saturated heterocycles. The maximum atomic E-state index is 8.63. The van der Waals surface area contributed by atoms with E-state index < -0.39 is 0 Å². The van der Waals surface area contributed by atoms with Crippen molar-refractivity contribution in [2.24, 2.45) is 10.2 Å². The van der Waals surface area contributed by atoms with Crippen LogP contribution in [0.2, 0.25) is 0 Å². The molecule has 2 unspecified atom stereocenters. The molecule has 22 heavy (non-hydrogen) atoms. The van der Waals surface area contributed by atoms with Crippen molar-refractivity contribution in [3.8, 4) is 0 Å². The maximum Gasteiger partial charge on any atom is 0.0736 e. The average Bonchev–Trinajstić information content (AvgIpc) is 2.52. The molecule has 0 N–H and O–H groups in total. The average molecular weight is 304 g/mol. The van der Waals surface area contributed by atoms with Gasteiger partial charge in [-0.2, -0.15) is 0 Å². The van der Waals surface area contributed by atoms with Crippen LogP contribution in [0, 0.1) is 0 Å². The number of hydrogen-bond donors (Lipinski definition) is 0. The van der Waals surface area contributed by atoms with Gasteiger partial charge in [0.15, 0.2) is 0 Å². The minimum atomic E-state index is -0.311. The zero-order chi connectivity index (χ0) is 16.5.